The summed E-state index contributed by atoms with van der Waals surface area (Å²) in [6.07, 6.45) is 0.719. The van der Waals surface area contributed by atoms with Gasteiger partial charge in [-0.15, -0.1) is 0 Å². The monoisotopic (exact) mass is 306 g/mol. The molecule has 1 amide bonds. The molecule has 0 spiro atoms. The first-order chi connectivity index (χ1) is 10.1. The van der Waals surface area contributed by atoms with Gasteiger partial charge in [-0.3, -0.25) is 5.32 Å². The highest BCUT2D eigenvalue weighted by molar-refractivity contribution is 6.33. The molecule has 7 heteroatoms. The van der Waals surface area contributed by atoms with Crippen LogP contribution in [0.1, 0.15) is 5.56 Å². The lowest BCUT2D eigenvalue weighted by Gasteiger charge is -2.16. The molecule has 6 nitrogen and oxygen atoms in total. The molecule has 0 radical (unpaired) electrons. The van der Waals surface area contributed by atoms with Crippen molar-refractivity contribution < 1.29 is 9.53 Å². The fraction of sp³-hybridized carbons (Fsp3) is 0.214. The predicted molar refractivity (Wildman–Crippen MR) is 81.6 cm³/mol. The van der Waals surface area contributed by atoms with Crippen molar-refractivity contribution in [2.45, 2.75) is 6.61 Å². The van der Waals surface area contributed by atoms with Gasteiger partial charge in [-0.2, -0.15) is 0 Å². The normalized spacial score (nSPS) is 10.0. The summed E-state index contributed by atoms with van der Waals surface area (Å²) in [6.45, 7) is 0.176. The van der Waals surface area contributed by atoms with Gasteiger partial charge in [0.15, 0.2) is 11.0 Å². The summed E-state index contributed by atoms with van der Waals surface area (Å²) < 4.78 is 5.14. The summed E-state index contributed by atoms with van der Waals surface area (Å²) in [5, 5.41) is 2.73. The van der Waals surface area contributed by atoms with Crippen LogP contribution < -0.4 is 10.2 Å². The molecule has 0 aliphatic heterocycles. The van der Waals surface area contributed by atoms with Gasteiger partial charge in [0, 0.05) is 14.1 Å². The van der Waals surface area contributed by atoms with Crippen LogP contribution in [0.2, 0.25) is 5.15 Å². The topological polar surface area (TPSA) is 67.4 Å². The maximum Gasteiger partial charge on any atom is 0.412 e. The quantitative estimate of drug-likeness (QED) is 0.880. The summed E-state index contributed by atoms with van der Waals surface area (Å²) in [5.74, 6) is 0.506. The van der Waals surface area contributed by atoms with Crippen LogP contribution in [0, 0.1) is 0 Å². The molecule has 2 rings (SSSR count). The summed E-state index contributed by atoms with van der Waals surface area (Å²) in [6, 6.07) is 9.40. The molecule has 0 bridgehead atoms. The first-order valence-electron chi connectivity index (χ1n) is 6.23. The van der Waals surface area contributed by atoms with E-state index in [1.807, 2.05) is 30.3 Å². The summed E-state index contributed by atoms with van der Waals surface area (Å²) in [4.78, 5) is 21.5. The van der Waals surface area contributed by atoms with E-state index >= 15 is 0 Å². The minimum absolute atomic E-state index is 0.158. The molecule has 1 N–H and O–H groups in total. The molecule has 2 aromatic rings. The van der Waals surface area contributed by atoms with Crippen molar-refractivity contribution in [3.8, 4) is 0 Å². The van der Waals surface area contributed by atoms with Crippen molar-refractivity contribution in [2.24, 2.45) is 0 Å². The number of carbonyl (C=O) groups is 1. The molecule has 0 unspecified atom stereocenters. The van der Waals surface area contributed by atoms with Gasteiger partial charge in [0.1, 0.15) is 18.6 Å². The van der Waals surface area contributed by atoms with E-state index < -0.39 is 6.09 Å². The molecule has 0 aliphatic carbocycles. The van der Waals surface area contributed by atoms with Crippen molar-refractivity contribution in [1.82, 2.24) is 9.97 Å². The molecular weight excluding hydrogens is 292 g/mol. The van der Waals surface area contributed by atoms with Gasteiger partial charge in [-0.05, 0) is 5.56 Å². The Balaban J connectivity index is 2.03. The standard InChI is InChI=1S/C14H15ClN4O2/c1-19(2)13-11(12(15)16-9-17-13)18-14(20)21-8-10-6-4-3-5-7-10/h3-7,9H,8H2,1-2H3,(H,18,20). The molecule has 1 heterocycles. The Bertz CT molecular complexity index is 620. The third kappa shape index (κ3) is 4.06. The molecule has 0 aliphatic rings. The molecule has 0 saturated carbocycles. The predicted octanol–water partition coefficient (Wildman–Crippen LogP) is 2.94. The highest BCUT2D eigenvalue weighted by atomic mass is 35.5. The van der Waals surface area contributed by atoms with Crippen LogP contribution in [0.3, 0.4) is 0 Å². The van der Waals surface area contributed by atoms with Crippen LogP contribution in [0.25, 0.3) is 0 Å². The van der Waals surface area contributed by atoms with E-state index in [-0.39, 0.29) is 11.8 Å². The van der Waals surface area contributed by atoms with E-state index in [2.05, 4.69) is 15.3 Å². The lowest BCUT2D eigenvalue weighted by Crippen LogP contribution is -2.19. The van der Waals surface area contributed by atoms with E-state index in [1.54, 1.807) is 19.0 Å². The molecule has 21 heavy (non-hydrogen) atoms. The zero-order chi connectivity index (χ0) is 15.2. The molecule has 0 saturated heterocycles. The number of aromatic nitrogens is 2. The lowest BCUT2D eigenvalue weighted by molar-refractivity contribution is 0.155. The molecular formula is C14H15ClN4O2. The number of hydrogen-bond donors (Lipinski definition) is 1. The minimum atomic E-state index is -0.612. The van der Waals surface area contributed by atoms with E-state index in [1.165, 1.54) is 6.33 Å². The summed E-state index contributed by atoms with van der Waals surface area (Å²) in [5.41, 5.74) is 1.22. The van der Waals surface area contributed by atoms with Crippen molar-refractivity contribution in [1.29, 1.82) is 0 Å². The molecule has 0 atom stereocenters. The van der Waals surface area contributed by atoms with Gasteiger partial charge in [0.2, 0.25) is 0 Å². The van der Waals surface area contributed by atoms with Gasteiger partial charge < -0.3 is 9.64 Å². The van der Waals surface area contributed by atoms with Crippen LogP contribution >= 0.6 is 11.6 Å². The van der Waals surface area contributed by atoms with Gasteiger partial charge in [-0.25, -0.2) is 14.8 Å². The number of ether oxygens (including phenoxy) is 1. The number of rotatable bonds is 4. The van der Waals surface area contributed by atoms with Crippen molar-refractivity contribution in [3.63, 3.8) is 0 Å². The van der Waals surface area contributed by atoms with Crippen molar-refractivity contribution >= 4 is 29.2 Å². The minimum Gasteiger partial charge on any atom is -0.444 e. The number of amides is 1. The number of carbonyl (C=O) groups excluding carboxylic acids is 1. The Morgan fingerprint density at radius 1 is 1.29 bits per heavy atom. The highest BCUT2D eigenvalue weighted by Gasteiger charge is 2.15. The SMILES string of the molecule is CN(C)c1ncnc(Cl)c1NC(=O)OCc1ccccc1. The second-order valence-corrected chi connectivity index (χ2v) is 4.80. The third-order valence-electron chi connectivity index (χ3n) is 2.64. The Labute approximate surface area is 127 Å². The second-order valence-electron chi connectivity index (χ2n) is 4.44. The lowest BCUT2D eigenvalue weighted by atomic mass is 10.2. The fourth-order valence-corrected chi connectivity index (χ4v) is 1.84. The van der Waals surface area contributed by atoms with E-state index in [4.69, 9.17) is 16.3 Å². The van der Waals surface area contributed by atoms with Crippen LogP contribution in [0.4, 0.5) is 16.3 Å². The maximum atomic E-state index is 11.8. The number of nitrogens with zero attached hydrogens (tertiary/aromatic N) is 3. The zero-order valence-corrected chi connectivity index (χ0v) is 12.5. The van der Waals surface area contributed by atoms with E-state index in [0.717, 1.165) is 5.56 Å². The number of halogens is 1. The first-order valence-corrected chi connectivity index (χ1v) is 6.61. The van der Waals surface area contributed by atoms with Crippen molar-refractivity contribution in [3.05, 3.63) is 47.4 Å². The molecule has 110 valence electrons. The van der Waals surface area contributed by atoms with Crippen LogP contribution in [-0.4, -0.2) is 30.2 Å². The second kappa shape index (κ2) is 6.90. The average molecular weight is 307 g/mol. The van der Waals surface area contributed by atoms with Crippen LogP contribution in [0.15, 0.2) is 36.7 Å². The molecule has 1 aromatic heterocycles. The number of anilines is 2. The van der Waals surface area contributed by atoms with Gasteiger partial charge in [0.05, 0.1) is 0 Å². The van der Waals surface area contributed by atoms with Gasteiger partial charge in [0.25, 0.3) is 0 Å². The smallest absolute Gasteiger partial charge is 0.412 e. The Morgan fingerprint density at radius 2 is 2.00 bits per heavy atom. The summed E-state index contributed by atoms with van der Waals surface area (Å²) >= 11 is 5.99. The third-order valence-corrected chi connectivity index (χ3v) is 2.93. The largest absolute Gasteiger partial charge is 0.444 e. The molecule has 1 aromatic carbocycles. The Morgan fingerprint density at radius 3 is 2.67 bits per heavy atom. The van der Waals surface area contributed by atoms with Gasteiger partial charge >= 0.3 is 6.09 Å². The summed E-state index contributed by atoms with van der Waals surface area (Å²) in [7, 11) is 3.58. The van der Waals surface area contributed by atoms with Crippen LogP contribution in [-0.2, 0) is 11.3 Å². The Kier molecular flexibility index (Phi) is 4.94. The zero-order valence-electron chi connectivity index (χ0n) is 11.7. The number of hydrogen-bond acceptors (Lipinski definition) is 5. The number of benzene rings is 1. The van der Waals surface area contributed by atoms with E-state index in [0.29, 0.717) is 11.5 Å². The van der Waals surface area contributed by atoms with Crippen molar-refractivity contribution in [2.75, 3.05) is 24.3 Å². The van der Waals surface area contributed by atoms with E-state index in [9.17, 15) is 4.79 Å². The highest BCUT2D eigenvalue weighted by Crippen LogP contribution is 2.27. The fourth-order valence-electron chi connectivity index (χ4n) is 1.66. The van der Waals surface area contributed by atoms with Gasteiger partial charge in [-0.1, -0.05) is 41.9 Å². The maximum absolute atomic E-state index is 11.8. The average Bonchev–Trinajstić information content (AvgIpc) is 2.48. The first kappa shape index (κ1) is 15.1. The number of nitrogens with one attached hydrogen (secondary N) is 1. The Hall–Kier alpha value is -2.34. The molecule has 0 fully saturated rings. The van der Waals surface area contributed by atoms with Crippen LogP contribution in [0.5, 0.6) is 0 Å².